The largest absolute Gasteiger partial charge is 0.238 e. The third-order valence-corrected chi connectivity index (χ3v) is 14.7. The Morgan fingerprint density at radius 3 is 1.53 bits per heavy atom. The van der Waals surface area contributed by atoms with Gasteiger partial charge in [0.1, 0.15) is 0 Å². The van der Waals surface area contributed by atoms with Crippen LogP contribution in [0.3, 0.4) is 0 Å². The molecule has 0 saturated heterocycles. The van der Waals surface area contributed by atoms with Crippen molar-refractivity contribution in [3.63, 3.8) is 0 Å². The Morgan fingerprint density at radius 2 is 0.965 bits per heavy atom. The second-order valence-electron chi connectivity index (χ2n) is 17.9. The van der Waals surface area contributed by atoms with Gasteiger partial charge in [-0.3, -0.25) is 0 Å². The molecule has 4 bridgehead atoms. The number of aromatic nitrogens is 3. The zero-order valence-electron chi connectivity index (χ0n) is 32.3. The molecule has 4 saturated carbocycles. The maximum absolute atomic E-state index is 8.16. The van der Waals surface area contributed by atoms with Crippen molar-refractivity contribution >= 4 is 5.69 Å². The molecule has 0 aliphatic heterocycles. The van der Waals surface area contributed by atoms with E-state index in [2.05, 4.69) is 110 Å². The molecule has 4 heteroatoms. The number of hydrogen-bond donors (Lipinski definition) is 0. The van der Waals surface area contributed by atoms with Crippen molar-refractivity contribution < 1.29 is 0 Å². The third-order valence-electron chi connectivity index (χ3n) is 14.7. The van der Waals surface area contributed by atoms with Crippen molar-refractivity contribution in [1.29, 1.82) is 0 Å². The second-order valence-corrected chi connectivity index (χ2v) is 17.9. The van der Waals surface area contributed by atoms with E-state index >= 15 is 0 Å². The molecule has 6 aromatic carbocycles. The lowest BCUT2D eigenvalue weighted by atomic mass is 9.43. The molecule has 13 rings (SSSR count). The molecular weight excluding hydrogens is 693 g/mol. The van der Waals surface area contributed by atoms with Gasteiger partial charge in [0.25, 0.3) is 0 Å². The lowest BCUT2D eigenvalue weighted by Gasteiger charge is -2.61. The molecule has 0 amide bonds. The molecule has 1 aromatic heterocycles. The van der Waals surface area contributed by atoms with Gasteiger partial charge in [0.2, 0.25) is 0 Å². The fourth-order valence-electron chi connectivity index (χ4n) is 12.5. The van der Waals surface area contributed by atoms with Crippen LogP contribution in [-0.4, -0.2) is 15.0 Å². The molecule has 274 valence electrons. The van der Waals surface area contributed by atoms with E-state index in [1.807, 2.05) is 42.5 Å². The van der Waals surface area contributed by atoms with E-state index in [9.17, 15) is 0 Å². The molecule has 6 aliphatic carbocycles. The molecule has 7 aromatic rings. The number of benzene rings is 6. The van der Waals surface area contributed by atoms with Gasteiger partial charge in [-0.1, -0.05) is 129 Å². The maximum Gasteiger partial charge on any atom is 0.195 e. The summed E-state index contributed by atoms with van der Waals surface area (Å²) in [5, 5.41) is 0. The average Bonchev–Trinajstić information content (AvgIpc) is 3.67. The zero-order chi connectivity index (χ0) is 38.0. The SMILES string of the molecule is [C-]#[N+]c1cccc2c1-c1ccc(-c3ccc4c(c3)C(C)(C)c3cc(-c5nc(-c6ccccc6)nc(-c6ccccc6)n5)ccc3-4)cc1C21C2CC3CC(C2)CC1C3. The Balaban J connectivity index is 0.953. The van der Waals surface area contributed by atoms with Gasteiger partial charge in [0.15, 0.2) is 23.2 Å². The summed E-state index contributed by atoms with van der Waals surface area (Å²) in [6.45, 7) is 12.9. The van der Waals surface area contributed by atoms with Crippen molar-refractivity contribution in [2.45, 2.75) is 56.8 Å². The Kier molecular flexibility index (Phi) is 6.90. The third kappa shape index (κ3) is 4.63. The van der Waals surface area contributed by atoms with Gasteiger partial charge in [-0.15, -0.1) is 0 Å². The van der Waals surface area contributed by atoms with E-state index < -0.39 is 0 Å². The van der Waals surface area contributed by atoms with Crippen LogP contribution < -0.4 is 0 Å². The highest BCUT2D eigenvalue weighted by atomic mass is 15.0. The van der Waals surface area contributed by atoms with E-state index in [1.165, 1.54) is 87.7 Å². The van der Waals surface area contributed by atoms with E-state index in [0.717, 1.165) is 34.2 Å². The molecule has 0 N–H and O–H groups in total. The number of nitrogens with zero attached hydrogens (tertiary/aromatic N) is 4. The highest BCUT2D eigenvalue weighted by Crippen LogP contribution is 2.70. The lowest BCUT2D eigenvalue weighted by molar-refractivity contribution is -0.0399. The van der Waals surface area contributed by atoms with Crippen LogP contribution >= 0.6 is 0 Å². The molecule has 57 heavy (non-hydrogen) atoms. The van der Waals surface area contributed by atoms with E-state index in [-0.39, 0.29) is 10.8 Å². The highest BCUT2D eigenvalue weighted by molar-refractivity contribution is 5.93. The Morgan fingerprint density at radius 1 is 0.474 bits per heavy atom. The molecule has 1 heterocycles. The number of hydrogen-bond acceptors (Lipinski definition) is 3. The molecule has 4 nitrogen and oxygen atoms in total. The van der Waals surface area contributed by atoms with Crippen LogP contribution in [0.1, 0.15) is 68.2 Å². The van der Waals surface area contributed by atoms with Crippen molar-refractivity contribution in [2.75, 3.05) is 0 Å². The van der Waals surface area contributed by atoms with E-state index in [0.29, 0.717) is 29.3 Å². The van der Waals surface area contributed by atoms with Crippen LogP contribution in [0.15, 0.2) is 133 Å². The van der Waals surface area contributed by atoms with Gasteiger partial charge in [-0.05, 0) is 130 Å². The van der Waals surface area contributed by atoms with Gasteiger partial charge in [-0.2, -0.15) is 0 Å². The minimum atomic E-state index is -0.228. The summed E-state index contributed by atoms with van der Waals surface area (Å²) in [6.07, 6.45) is 6.75. The van der Waals surface area contributed by atoms with Crippen molar-refractivity contribution in [1.82, 2.24) is 15.0 Å². The summed E-state index contributed by atoms with van der Waals surface area (Å²) in [6, 6.07) is 48.1. The Hall–Kier alpha value is -6.18. The summed E-state index contributed by atoms with van der Waals surface area (Å²) in [5.41, 5.74) is 16.7. The fourth-order valence-corrected chi connectivity index (χ4v) is 12.5. The summed E-state index contributed by atoms with van der Waals surface area (Å²) in [5.74, 6) is 5.09. The number of rotatable bonds is 4. The van der Waals surface area contributed by atoms with Crippen molar-refractivity contribution in [2.24, 2.45) is 23.7 Å². The minimum Gasteiger partial charge on any atom is -0.238 e. The molecule has 0 radical (unpaired) electrons. The van der Waals surface area contributed by atoms with Crippen LogP contribution in [0, 0.1) is 30.2 Å². The summed E-state index contributed by atoms with van der Waals surface area (Å²) >= 11 is 0. The smallest absolute Gasteiger partial charge is 0.195 e. The minimum absolute atomic E-state index is 0.0210. The van der Waals surface area contributed by atoms with Crippen LogP contribution in [0.2, 0.25) is 0 Å². The highest BCUT2D eigenvalue weighted by Gasteiger charge is 2.61. The van der Waals surface area contributed by atoms with Gasteiger partial charge in [-0.25, -0.2) is 19.8 Å². The van der Waals surface area contributed by atoms with Crippen molar-refractivity contribution in [3.8, 4) is 67.5 Å². The van der Waals surface area contributed by atoms with Crippen LogP contribution in [0.5, 0.6) is 0 Å². The van der Waals surface area contributed by atoms with Gasteiger partial charge in [0.05, 0.1) is 6.57 Å². The lowest BCUT2D eigenvalue weighted by Crippen LogP contribution is -2.55. The molecule has 0 atom stereocenters. The first-order chi connectivity index (χ1) is 27.9. The fraction of sp³-hybridized carbons (Fsp3) is 0.245. The number of fused-ring (bicyclic) bond motifs is 6. The van der Waals surface area contributed by atoms with E-state index in [1.54, 1.807) is 0 Å². The maximum atomic E-state index is 8.16. The predicted molar refractivity (Wildman–Crippen MR) is 229 cm³/mol. The average molecular weight is 735 g/mol. The van der Waals surface area contributed by atoms with Crippen LogP contribution in [0.25, 0.3) is 72.4 Å². The van der Waals surface area contributed by atoms with Gasteiger partial charge < -0.3 is 0 Å². The summed E-state index contributed by atoms with van der Waals surface area (Å²) in [4.78, 5) is 19.1. The first kappa shape index (κ1) is 33.0. The first-order valence-electron chi connectivity index (χ1n) is 20.7. The van der Waals surface area contributed by atoms with Crippen LogP contribution in [-0.2, 0) is 10.8 Å². The zero-order valence-corrected chi connectivity index (χ0v) is 32.3. The van der Waals surface area contributed by atoms with Crippen molar-refractivity contribution in [3.05, 3.63) is 167 Å². The van der Waals surface area contributed by atoms with Gasteiger partial charge in [0, 0.05) is 27.5 Å². The topological polar surface area (TPSA) is 43.0 Å². The monoisotopic (exact) mass is 734 g/mol. The summed E-state index contributed by atoms with van der Waals surface area (Å²) < 4.78 is 0. The summed E-state index contributed by atoms with van der Waals surface area (Å²) in [7, 11) is 0. The molecule has 6 aliphatic rings. The predicted octanol–water partition coefficient (Wildman–Crippen LogP) is 13.1. The van der Waals surface area contributed by atoms with Crippen LogP contribution in [0.4, 0.5) is 5.69 Å². The standard InChI is InChI=1S/C53H42N4/c1-52(2)44-28-35(36-18-22-42-46(29-36)53(43-15-10-16-47(54-3)48(42)43)38-24-31-23-32(26-38)27-39(53)25-31)17-20-40(44)41-21-19-37(30-45(41)52)51-56-49(33-11-6-4-7-12-33)55-50(57-51)34-13-8-5-9-14-34/h4-22,28-32,38-39H,23-27H2,1-2H3. The Labute approximate surface area is 334 Å². The molecule has 0 unspecified atom stereocenters. The molecular formula is C53H42N4. The quantitative estimate of drug-likeness (QED) is 0.169. The van der Waals surface area contributed by atoms with Gasteiger partial charge >= 0.3 is 0 Å². The molecule has 4 fully saturated rings. The normalized spacial score (nSPS) is 23.8. The van der Waals surface area contributed by atoms with E-state index in [4.69, 9.17) is 21.5 Å². The Bertz CT molecular complexity index is 2760. The molecule has 1 spiro atoms. The second kappa shape index (κ2) is 11.9. The first-order valence-corrected chi connectivity index (χ1v) is 20.7.